The largest absolute Gasteiger partial charge is 0.394 e. The molecule has 0 spiro atoms. The van der Waals surface area contributed by atoms with Crippen molar-refractivity contribution in [3.63, 3.8) is 0 Å². The van der Waals surface area contributed by atoms with Crippen LogP contribution in [0.15, 0.2) is 6.07 Å². The Bertz CT molecular complexity index is 438. The minimum Gasteiger partial charge on any atom is -0.394 e. The van der Waals surface area contributed by atoms with Gasteiger partial charge in [-0.1, -0.05) is 20.8 Å². The highest BCUT2D eigenvalue weighted by atomic mass is 16.3. The van der Waals surface area contributed by atoms with Gasteiger partial charge in [0.05, 0.1) is 12.1 Å². The van der Waals surface area contributed by atoms with E-state index in [2.05, 4.69) is 36.1 Å². The third-order valence-corrected chi connectivity index (χ3v) is 3.28. The van der Waals surface area contributed by atoms with Crippen molar-refractivity contribution in [1.82, 2.24) is 9.97 Å². The van der Waals surface area contributed by atoms with E-state index in [1.165, 1.54) is 0 Å². The first-order chi connectivity index (χ1) is 8.61. The van der Waals surface area contributed by atoms with Crippen LogP contribution in [0.2, 0.25) is 0 Å². The second kappa shape index (κ2) is 5.33. The van der Waals surface area contributed by atoms with Crippen LogP contribution in [0.25, 0.3) is 0 Å². The molecule has 19 heavy (non-hydrogen) atoms. The summed E-state index contributed by atoms with van der Waals surface area (Å²) in [7, 11) is 3.78. The minimum atomic E-state index is -0.367. The van der Waals surface area contributed by atoms with E-state index in [1.807, 2.05) is 38.9 Å². The molecule has 1 rings (SSSR count). The number of anilines is 2. The highest BCUT2D eigenvalue weighted by Crippen LogP contribution is 2.26. The molecule has 5 nitrogen and oxygen atoms in total. The third kappa shape index (κ3) is 3.56. The molecule has 0 saturated heterocycles. The molecule has 5 heteroatoms. The smallest absolute Gasteiger partial charge is 0.138 e. The van der Waals surface area contributed by atoms with Crippen LogP contribution < -0.4 is 10.2 Å². The summed E-state index contributed by atoms with van der Waals surface area (Å²) >= 11 is 0. The fourth-order valence-electron chi connectivity index (χ4n) is 1.49. The van der Waals surface area contributed by atoms with Gasteiger partial charge in [0.25, 0.3) is 0 Å². The van der Waals surface area contributed by atoms with Gasteiger partial charge < -0.3 is 15.3 Å². The molecular weight excluding hydrogens is 240 g/mol. The topological polar surface area (TPSA) is 61.3 Å². The van der Waals surface area contributed by atoms with Gasteiger partial charge in [-0.25, -0.2) is 9.97 Å². The van der Waals surface area contributed by atoms with E-state index in [4.69, 9.17) is 0 Å². The summed E-state index contributed by atoms with van der Waals surface area (Å²) in [4.78, 5) is 11.1. The number of aliphatic hydroxyl groups is 1. The van der Waals surface area contributed by atoms with E-state index in [1.54, 1.807) is 0 Å². The number of hydrogen-bond donors (Lipinski definition) is 2. The van der Waals surface area contributed by atoms with Crippen molar-refractivity contribution in [2.24, 2.45) is 0 Å². The first-order valence-electron chi connectivity index (χ1n) is 6.54. The predicted octanol–water partition coefficient (Wildman–Crippen LogP) is 2.02. The molecule has 0 aliphatic carbocycles. The lowest BCUT2D eigenvalue weighted by Crippen LogP contribution is -2.45. The van der Waals surface area contributed by atoms with E-state index >= 15 is 0 Å². The van der Waals surface area contributed by atoms with Gasteiger partial charge in [-0.15, -0.1) is 0 Å². The Labute approximate surface area is 116 Å². The Balaban J connectivity index is 3.28. The van der Waals surface area contributed by atoms with Crippen LogP contribution in [0.1, 0.15) is 40.4 Å². The van der Waals surface area contributed by atoms with E-state index in [9.17, 15) is 5.11 Å². The van der Waals surface area contributed by atoms with E-state index < -0.39 is 0 Å². The molecular formula is C14H26N4O. The second-order valence-electron chi connectivity index (χ2n) is 6.46. The van der Waals surface area contributed by atoms with Crippen molar-refractivity contribution in [2.45, 2.75) is 45.6 Å². The maximum atomic E-state index is 9.48. The highest BCUT2D eigenvalue weighted by molar-refractivity contribution is 5.50. The molecule has 1 aromatic rings. The molecule has 0 amide bonds. The molecule has 108 valence electrons. The zero-order valence-corrected chi connectivity index (χ0v) is 13.1. The van der Waals surface area contributed by atoms with Crippen LogP contribution >= 0.6 is 0 Å². The Kier molecular flexibility index (Phi) is 4.40. The van der Waals surface area contributed by atoms with Gasteiger partial charge >= 0.3 is 0 Å². The SMILES string of the molecule is CNc1cc(N(C)C(C)(C)CO)nc(C(C)(C)C)n1. The zero-order chi connectivity index (χ0) is 14.8. The fraction of sp³-hybridized carbons (Fsp3) is 0.714. The number of rotatable bonds is 4. The van der Waals surface area contributed by atoms with E-state index in [0.29, 0.717) is 0 Å². The summed E-state index contributed by atoms with van der Waals surface area (Å²) in [6.07, 6.45) is 0. The normalized spacial score (nSPS) is 12.4. The van der Waals surface area contributed by atoms with Crippen molar-refractivity contribution >= 4 is 11.6 Å². The average molecular weight is 266 g/mol. The van der Waals surface area contributed by atoms with Crippen molar-refractivity contribution < 1.29 is 5.11 Å². The van der Waals surface area contributed by atoms with Gasteiger partial charge in [-0.2, -0.15) is 0 Å². The standard InChI is InChI=1S/C14H26N4O/c1-13(2,3)12-16-10(15-6)8-11(17-12)18(7)14(4,5)9-19/h8,19H,9H2,1-7H3,(H,15,16,17). The number of hydrogen-bond acceptors (Lipinski definition) is 5. The molecule has 0 aliphatic heterocycles. The molecule has 0 aromatic carbocycles. The van der Waals surface area contributed by atoms with Crippen LogP contribution in [-0.2, 0) is 5.41 Å². The summed E-state index contributed by atoms with van der Waals surface area (Å²) < 4.78 is 0. The Morgan fingerprint density at radius 1 is 1.21 bits per heavy atom. The van der Waals surface area contributed by atoms with Crippen LogP contribution in [0.5, 0.6) is 0 Å². The summed E-state index contributed by atoms with van der Waals surface area (Å²) in [6.45, 7) is 10.3. The predicted molar refractivity (Wildman–Crippen MR) is 79.8 cm³/mol. The van der Waals surface area contributed by atoms with Crippen LogP contribution in [0.3, 0.4) is 0 Å². The Morgan fingerprint density at radius 3 is 2.21 bits per heavy atom. The van der Waals surface area contributed by atoms with Crippen LogP contribution in [-0.4, -0.2) is 41.3 Å². The summed E-state index contributed by atoms with van der Waals surface area (Å²) in [5, 5.41) is 12.5. The molecule has 0 atom stereocenters. The van der Waals surface area contributed by atoms with Gasteiger partial charge in [-0.05, 0) is 13.8 Å². The Hall–Kier alpha value is -1.36. The van der Waals surface area contributed by atoms with E-state index in [-0.39, 0.29) is 17.6 Å². The molecule has 0 radical (unpaired) electrons. The molecule has 0 saturated carbocycles. The number of aromatic nitrogens is 2. The lowest BCUT2D eigenvalue weighted by Gasteiger charge is -2.35. The summed E-state index contributed by atoms with van der Waals surface area (Å²) in [5.74, 6) is 2.38. The number of aliphatic hydroxyl groups excluding tert-OH is 1. The van der Waals surface area contributed by atoms with Crippen molar-refractivity contribution in [3.05, 3.63) is 11.9 Å². The number of likely N-dealkylation sites (N-methyl/N-ethyl adjacent to an activating group) is 1. The van der Waals surface area contributed by atoms with Gasteiger partial charge in [0.15, 0.2) is 0 Å². The van der Waals surface area contributed by atoms with Crippen LogP contribution in [0, 0.1) is 0 Å². The molecule has 1 heterocycles. The highest BCUT2D eigenvalue weighted by Gasteiger charge is 2.26. The number of nitrogens with zero attached hydrogens (tertiary/aromatic N) is 3. The zero-order valence-electron chi connectivity index (χ0n) is 13.1. The van der Waals surface area contributed by atoms with Crippen molar-refractivity contribution in [2.75, 3.05) is 30.9 Å². The quantitative estimate of drug-likeness (QED) is 0.873. The molecule has 0 fully saturated rings. The molecule has 0 aliphatic rings. The van der Waals surface area contributed by atoms with Crippen molar-refractivity contribution in [1.29, 1.82) is 0 Å². The van der Waals surface area contributed by atoms with Gasteiger partial charge in [0.1, 0.15) is 17.5 Å². The van der Waals surface area contributed by atoms with Gasteiger partial charge in [0.2, 0.25) is 0 Å². The third-order valence-electron chi connectivity index (χ3n) is 3.28. The molecule has 0 unspecified atom stereocenters. The monoisotopic (exact) mass is 266 g/mol. The molecule has 2 N–H and O–H groups in total. The average Bonchev–Trinajstić information content (AvgIpc) is 2.36. The number of nitrogens with one attached hydrogen (secondary N) is 1. The van der Waals surface area contributed by atoms with Gasteiger partial charge in [-0.3, -0.25) is 0 Å². The summed E-state index contributed by atoms with van der Waals surface area (Å²) in [5.41, 5.74) is -0.486. The molecule has 0 bridgehead atoms. The Morgan fingerprint density at radius 2 is 1.79 bits per heavy atom. The maximum absolute atomic E-state index is 9.48. The second-order valence-corrected chi connectivity index (χ2v) is 6.46. The summed E-state index contributed by atoms with van der Waals surface area (Å²) in [6, 6.07) is 1.90. The van der Waals surface area contributed by atoms with Crippen molar-refractivity contribution in [3.8, 4) is 0 Å². The first-order valence-corrected chi connectivity index (χ1v) is 6.54. The lowest BCUT2D eigenvalue weighted by molar-refractivity contribution is 0.215. The van der Waals surface area contributed by atoms with Gasteiger partial charge in [0, 0.05) is 25.6 Å². The fourth-order valence-corrected chi connectivity index (χ4v) is 1.49. The maximum Gasteiger partial charge on any atom is 0.138 e. The lowest BCUT2D eigenvalue weighted by atomic mass is 9.95. The molecule has 1 aromatic heterocycles. The minimum absolute atomic E-state index is 0.0627. The van der Waals surface area contributed by atoms with E-state index in [0.717, 1.165) is 17.5 Å². The first kappa shape index (κ1) is 15.7. The van der Waals surface area contributed by atoms with Crippen LogP contribution in [0.4, 0.5) is 11.6 Å².